The molecular formula is C18H21F2N3O2. The van der Waals surface area contributed by atoms with Crippen molar-refractivity contribution < 1.29 is 18.4 Å². The number of urea groups is 1. The van der Waals surface area contributed by atoms with Crippen LogP contribution in [-0.2, 0) is 4.79 Å². The summed E-state index contributed by atoms with van der Waals surface area (Å²) in [4.78, 5) is 28.8. The Morgan fingerprint density at radius 3 is 2.72 bits per heavy atom. The number of benzene rings is 1. The number of hydrogen-bond donors (Lipinski definition) is 1. The van der Waals surface area contributed by atoms with E-state index in [1.165, 1.54) is 18.9 Å². The zero-order valence-electron chi connectivity index (χ0n) is 13.9. The quantitative estimate of drug-likeness (QED) is 0.912. The van der Waals surface area contributed by atoms with Crippen LogP contribution in [0.3, 0.4) is 0 Å². The standard InChI is InChI=1S/C18H21F2N3O2/c19-14-4-3-13(8-15(14)20)21-18(25)23-6-5-12-7-16(23)17(24)22(10-12)9-11-1-2-11/h3-4,8,11-12,16H,1-2,5-7,9-10H2,(H,21,25)/t12-,16+/m0/s1. The van der Waals surface area contributed by atoms with Gasteiger partial charge in [0.25, 0.3) is 0 Å². The molecule has 7 heteroatoms. The van der Waals surface area contributed by atoms with Crippen molar-refractivity contribution in [3.8, 4) is 0 Å². The molecule has 0 radical (unpaired) electrons. The second-order valence-corrected chi connectivity index (χ2v) is 7.35. The number of carbonyl (C=O) groups excluding carboxylic acids is 2. The molecule has 3 fully saturated rings. The van der Waals surface area contributed by atoms with Crippen molar-refractivity contribution >= 4 is 17.6 Å². The fourth-order valence-electron chi connectivity index (χ4n) is 3.84. The van der Waals surface area contributed by atoms with Crippen LogP contribution in [0.15, 0.2) is 18.2 Å². The molecule has 0 aromatic heterocycles. The lowest BCUT2D eigenvalue weighted by atomic mass is 9.86. The van der Waals surface area contributed by atoms with Gasteiger partial charge in [-0.15, -0.1) is 0 Å². The van der Waals surface area contributed by atoms with Crippen molar-refractivity contribution in [3.05, 3.63) is 29.8 Å². The lowest BCUT2D eigenvalue weighted by molar-refractivity contribution is -0.143. The summed E-state index contributed by atoms with van der Waals surface area (Å²) in [6.07, 6.45) is 3.90. The van der Waals surface area contributed by atoms with E-state index >= 15 is 0 Å². The van der Waals surface area contributed by atoms with E-state index in [9.17, 15) is 18.4 Å². The normalized spacial score (nSPS) is 25.9. The fourth-order valence-corrected chi connectivity index (χ4v) is 3.84. The van der Waals surface area contributed by atoms with Crippen LogP contribution in [0.1, 0.15) is 25.7 Å². The molecule has 3 amide bonds. The van der Waals surface area contributed by atoms with E-state index in [2.05, 4.69) is 5.32 Å². The smallest absolute Gasteiger partial charge is 0.322 e. The molecule has 3 aliphatic rings. The van der Waals surface area contributed by atoms with Gasteiger partial charge in [-0.05, 0) is 49.7 Å². The Kier molecular flexibility index (Phi) is 4.09. The molecule has 1 aliphatic carbocycles. The number of amides is 3. The Morgan fingerprint density at radius 2 is 2.00 bits per heavy atom. The largest absolute Gasteiger partial charge is 0.340 e. The maximum atomic E-state index is 13.3. The van der Waals surface area contributed by atoms with Gasteiger partial charge in [0.1, 0.15) is 6.04 Å². The molecule has 2 bridgehead atoms. The molecule has 1 N–H and O–H groups in total. The van der Waals surface area contributed by atoms with Gasteiger partial charge in [-0.25, -0.2) is 13.6 Å². The molecule has 5 nitrogen and oxygen atoms in total. The van der Waals surface area contributed by atoms with Gasteiger partial charge in [-0.3, -0.25) is 4.79 Å². The Balaban J connectivity index is 1.46. The van der Waals surface area contributed by atoms with Crippen LogP contribution in [-0.4, -0.2) is 47.4 Å². The second-order valence-electron chi connectivity index (χ2n) is 7.35. The Labute approximate surface area is 145 Å². The summed E-state index contributed by atoms with van der Waals surface area (Å²) in [6, 6.07) is 2.35. The van der Waals surface area contributed by atoms with E-state index in [0.717, 1.165) is 31.6 Å². The molecule has 0 unspecified atom stereocenters. The second kappa shape index (κ2) is 6.28. The molecule has 134 valence electrons. The molecule has 2 atom stereocenters. The summed E-state index contributed by atoms with van der Waals surface area (Å²) < 4.78 is 26.3. The lowest BCUT2D eigenvalue weighted by Gasteiger charge is -2.46. The average Bonchev–Trinajstić information content (AvgIpc) is 3.40. The van der Waals surface area contributed by atoms with E-state index < -0.39 is 23.7 Å². The highest BCUT2D eigenvalue weighted by Gasteiger charge is 2.44. The molecule has 25 heavy (non-hydrogen) atoms. The fraction of sp³-hybridized carbons (Fsp3) is 0.556. The zero-order valence-corrected chi connectivity index (χ0v) is 13.9. The zero-order chi connectivity index (χ0) is 17.6. The number of piperidine rings is 2. The van der Waals surface area contributed by atoms with Crippen LogP contribution >= 0.6 is 0 Å². The minimum Gasteiger partial charge on any atom is -0.340 e. The van der Waals surface area contributed by atoms with Gasteiger partial charge in [-0.1, -0.05) is 0 Å². The number of halogens is 2. The number of nitrogens with zero attached hydrogens (tertiary/aromatic N) is 2. The Morgan fingerprint density at radius 1 is 1.20 bits per heavy atom. The Hall–Kier alpha value is -2.18. The van der Waals surface area contributed by atoms with Gasteiger partial charge in [0.05, 0.1) is 0 Å². The van der Waals surface area contributed by atoms with Crippen molar-refractivity contribution in [1.29, 1.82) is 0 Å². The van der Waals surface area contributed by atoms with Crippen molar-refractivity contribution in [3.63, 3.8) is 0 Å². The van der Waals surface area contributed by atoms with Crippen LogP contribution in [0.2, 0.25) is 0 Å². The van der Waals surface area contributed by atoms with Gasteiger partial charge in [0, 0.05) is 31.4 Å². The third-order valence-electron chi connectivity index (χ3n) is 5.39. The monoisotopic (exact) mass is 349 g/mol. The first-order valence-corrected chi connectivity index (χ1v) is 8.82. The summed E-state index contributed by atoms with van der Waals surface area (Å²) in [5, 5.41) is 2.58. The molecule has 1 saturated carbocycles. The summed E-state index contributed by atoms with van der Waals surface area (Å²) in [5.41, 5.74) is 0.184. The van der Waals surface area contributed by atoms with Gasteiger partial charge in [-0.2, -0.15) is 0 Å². The van der Waals surface area contributed by atoms with Gasteiger partial charge in [0.15, 0.2) is 11.6 Å². The summed E-state index contributed by atoms with van der Waals surface area (Å²) in [7, 11) is 0. The molecule has 1 aromatic rings. The van der Waals surface area contributed by atoms with Crippen molar-refractivity contribution in [2.75, 3.05) is 25.0 Å². The van der Waals surface area contributed by atoms with E-state index in [4.69, 9.17) is 0 Å². The molecule has 2 heterocycles. The van der Waals surface area contributed by atoms with Crippen molar-refractivity contribution in [2.24, 2.45) is 11.8 Å². The third-order valence-corrected chi connectivity index (χ3v) is 5.39. The number of rotatable bonds is 3. The van der Waals surface area contributed by atoms with E-state index in [-0.39, 0.29) is 11.6 Å². The highest BCUT2D eigenvalue weighted by atomic mass is 19.2. The molecule has 1 aromatic carbocycles. The highest BCUT2D eigenvalue weighted by molar-refractivity contribution is 5.94. The van der Waals surface area contributed by atoms with Gasteiger partial charge in [0.2, 0.25) is 5.91 Å². The Bertz CT molecular complexity index is 708. The van der Waals surface area contributed by atoms with Crippen LogP contribution in [0.4, 0.5) is 19.3 Å². The number of carbonyl (C=O) groups is 2. The SMILES string of the molecule is O=C1[C@H]2C[C@H](CCN2C(=O)Nc2ccc(F)c(F)c2)CN1CC1CC1. The maximum absolute atomic E-state index is 13.3. The summed E-state index contributed by atoms with van der Waals surface area (Å²) in [6.45, 7) is 2.10. The van der Waals surface area contributed by atoms with E-state index in [0.29, 0.717) is 24.8 Å². The van der Waals surface area contributed by atoms with Crippen molar-refractivity contribution in [2.45, 2.75) is 31.7 Å². The first-order valence-electron chi connectivity index (χ1n) is 8.82. The summed E-state index contributed by atoms with van der Waals surface area (Å²) >= 11 is 0. The number of anilines is 1. The number of nitrogens with one attached hydrogen (secondary N) is 1. The minimum atomic E-state index is -1.01. The molecular weight excluding hydrogens is 328 g/mol. The van der Waals surface area contributed by atoms with Crippen LogP contribution in [0.5, 0.6) is 0 Å². The highest BCUT2D eigenvalue weighted by Crippen LogP contribution is 2.35. The van der Waals surface area contributed by atoms with Gasteiger partial charge >= 0.3 is 6.03 Å². The lowest BCUT2D eigenvalue weighted by Crippen LogP contribution is -2.61. The van der Waals surface area contributed by atoms with Crippen LogP contribution < -0.4 is 5.32 Å². The predicted molar refractivity (Wildman–Crippen MR) is 87.9 cm³/mol. The first kappa shape index (κ1) is 16.3. The summed E-state index contributed by atoms with van der Waals surface area (Å²) in [5.74, 6) is -0.901. The minimum absolute atomic E-state index is 0.0169. The first-order chi connectivity index (χ1) is 12.0. The third kappa shape index (κ3) is 3.32. The molecule has 4 rings (SSSR count). The molecule has 2 saturated heterocycles. The number of likely N-dealkylation sites (tertiary alicyclic amines) is 2. The maximum Gasteiger partial charge on any atom is 0.322 e. The number of hydrogen-bond acceptors (Lipinski definition) is 2. The topological polar surface area (TPSA) is 52.7 Å². The number of fused-ring (bicyclic) bond motifs is 2. The molecule has 0 spiro atoms. The predicted octanol–water partition coefficient (Wildman–Crippen LogP) is 2.83. The van der Waals surface area contributed by atoms with E-state index in [1.54, 1.807) is 4.90 Å². The van der Waals surface area contributed by atoms with E-state index in [1.807, 2.05) is 4.90 Å². The van der Waals surface area contributed by atoms with Gasteiger partial charge < -0.3 is 15.1 Å². The van der Waals surface area contributed by atoms with Crippen LogP contribution in [0, 0.1) is 23.5 Å². The van der Waals surface area contributed by atoms with Crippen LogP contribution in [0.25, 0.3) is 0 Å². The average molecular weight is 349 g/mol. The molecule has 2 aliphatic heterocycles. The van der Waals surface area contributed by atoms with Crippen molar-refractivity contribution in [1.82, 2.24) is 9.80 Å².